The third-order valence-corrected chi connectivity index (χ3v) is 1.54. The number of hydrogen-bond acceptors (Lipinski definition) is 2. The molecule has 0 amide bonds. The molecule has 2 nitrogen and oxygen atoms in total. The summed E-state index contributed by atoms with van der Waals surface area (Å²) in [5, 5.41) is 17.5. The van der Waals surface area contributed by atoms with Crippen LogP contribution in [-0.2, 0) is 0 Å². The van der Waals surface area contributed by atoms with Gasteiger partial charge in [0.1, 0.15) is 0 Å². The fraction of sp³-hybridized carbons (Fsp3) is 0.857. The molecule has 0 saturated carbocycles. The van der Waals surface area contributed by atoms with E-state index < -0.39 is 5.60 Å². The number of aliphatic hydroxyl groups is 1. The maximum absolute atomic E-state index is 9.30. The molecule has 52 valence electrons. The topological polar surface area (TPSA) is 44.0 Å². The van der Waals surface area contributed by atoms with Crippen LogP contribution in [0.5, 0.6) is 0 Å². The minimum absolute atomic E-state index is 0.445. The smallest absolute Gasteiger partial charge is 0.0627 e. The molecule has 0 saturated heterocycles. The molecule has 9 heavy (non-hydrogen) atoms. The van der Waals surface area contributed by atoms with Crippen LogP contribution in [0.25, 0.3) is 0 Å². The van der Waals surface area contributed by atoms with Crippen molar-refractivity contribution in [1.29, 1.82) is 5.26 Å². The maximum atomic E-state index is 9.30. The minimum Gasteiger partial charge on any atom is -0.390 e. The first-order valence-electron chi connectivity index (χ1n) is 3.21. The van der Waals surface area contributed by atoms with Crippen molar-refractivity contribution in [3.05, 3.63) is 0 Å². The van der Waals surface area contributed by atoms with Gasteiger partial charge in [-0.3, -0.25) is 0 Å². The van der Waals surface area contributed by atoms with Gasteiger partial charge < -0.3 is 5.11 Å². The fourth-order valence-corrected chi connectivity index (χ4v) is 0.502. The predicted molar refractivity (Wildman–Crippen MR) is 35.8 cm³/mol. The SMILES string of the molecule is CCC(C)(O)CCC#N. The van der Waals surface area contributed by atoms with Gasteiger partial charge >= 0.3 is 0 Å². The summed E-state index contributed by atoms with van der Waals surface area (Å²) in [6.45, 7) is 3.67. The molecular formula is C7H13NO. The molecule has 0 aromatic carbocycles. The van der Waals surface area contributed by atoms with E-state index in [-0.39, 0.29) is 0 Å². The Hall–Kier alpha value is -0.550. The zero-order chi connectivity index (χ0) is 7.33. The maximum Gasteiger partial charge on any atom is 0.0627 e. The first-order chi connectivity index (χ1) is 4.12. The van der Waals surface area contributed by atoms with Gasteiger partial charge in [-0.2, -0.15) is 5.26 Å². The van der Waals surface area contributed by atoms with Gasteiger partial charge in [-0.1, -0.05) is 6.92 Å². The summed E-state index contributed by atoms with van der Waals surface area (Å²) in [5.41, 5.74) is -0.629. The standard InChI is InChI=1S/C7H13NO/c1-3-7(2,9)5-4-6-8/h9H,3-5H2,1-2H3. The molecule has 0 aliphatic heterocycles. The van der Waals surface area contributed by atoms with Crippen LogP contribution in [0.3, 0.4) is 0 Å². The van der Waals surface area contributed by atoms with Gasteiger partial charge in [0, 0.05) is 6.42 Å². The Morgan fingerprint density at radius 2 is 2.22 bits per heavy atom. The monoisotopic (exact) mass is 127 g/mol. The molecule has 0 heterocycles. The molecule has 0 rings (SSSR count). The zero-order valence-electron chi connectivity index (χ0n) is 6.02. The number of hydrogen-bond donors (Lipinski definition) is 1. The molecule has 1 unspecified atom stereocenters. The molecule has 0 radical (unpaired) electrons. The van der Waals surface area contributed by atoms with Gasteiger partial charge in [0.25, 0.3) is 0 Å². The average molecular weight is 127 g/mol. The highest BCUT2D eigenvalue weighted by Gasteiger charge is 2.15. The summed E-state index contributed by atoms with van der Waals surface area (Å²) in [6.07, 6.45) is 1.75. The van der Waals surface area contributed by atoms with E-state index in [0.29, 0.717) is 19.3 Å². The second kappa shape index (κ2) is 3.47. The third-order valence-electron chi connectivity index (χ3n) is 1.54. The van der Waals surface area contributed by atoms with Crippen molar-refractivity contribution >= 4 is 0 Å². The van der Waals surface area contributed by atoms with Gasteiger partial charge in [0.15, 0.2) is 0 Å². The molecule has 1 N–H and O–H groups in total. The van der Waals surface area contributed by atoms with Gasteiger partial charge in [-0.05, 0) is 19.8 Å². The van der Waals surface area contributed by atoms with Crippen LogP contribution in [0.2, 0.25) is 0 Å². The Bertz CT molecular complexity index is 113. The highest BCUT2D eigenvalue weighted by Crippen LogP contribution is 2.14. The van der Waals surface area contributed by atoms with Crippen LogP contribution in [0.1, 0.15) is 33.1 Å². The Balaban J connectivity index is 3.48. The predicted octanol–water partition coefficient (Wildman–Crippen LogP) is 1.45. The first kappa shape index (κ1) is 8.45. The highest BCUT2D eigenvalue weighted by atomic mass is 16.3. The van der Waals surface area contributed by atoms with Crippen molar-refractivity contribution in [2.75, 3.05) is 0 Å². The van der Waals surface area contributed by atoms with E-state index in [1.165, 1.54) is 0 Å². The van der Waals surface area contributed by atoms with Crippen molar-refractivity contribution in [1.82, 2.24) is 0 Å². The summed E-state index contributed by atoms with van der Waals surface area (Å²) in [6, 6.07) is 2.00. The number of rotatable bonds is 3. The van der Waals surface area contributed by atoms with E-state index in [2.05, 4.69) is 0 Å². The van der Waals surface area contributed by atoms with Crippen molar-refractivity contribution in [3.8, 4) is 6.07 Å². The Kier molecular flexibility index (Phi) is 3.26. The van der Waals surface area contributed by atoms with E-state index >= 15 is 0 Å². The Labute approximate surface area is 56.1 Å². The van der Waals surface area contributed by atoms with Crippen molar-refractivity contribution in [3.63, 3.8) is 0 Å². The molecular weight excluding hydrogens is 114 g/mol. The summed E-state index contributed by atoms with van der Waals surface area (Å²) >= 11 is 0. The van der Waals surface area contributed by atoms with E-state index in [0.717, 1.165) is 0 Å². The second-order valence-electron chi connectivity index (χ2n) is 2.51. The number of nitriles is 1. The normalized spacial score (nSPS) is 16.2. The molecule has 0 fully saturated rings. The highest BCUT2D eigenvalue weighted by molar-refractivity contribution is 4.78. The molecule has 0 aromatic rings. The zero-order valence-corrected chi connectivity index (χ0v) is 6.02. The van der Waals surface area contributed by atoms with Gasteiger partial charge in [-0.15, -0.1) is 0 Å². The lowest BCUT2D eigenvalue weighted by atomic mass is 9.98. The summed E-state index contributed by atoms with van der Waals surface area (Å²) in [5.74, 6) is 0. The lowest BCUT2D eigenvalue weighted by Gasteiger charge is -2.18. The van der Waals surface area contributed by atoms with Crippen LogP contribution < -0.4 is 0 Å². The van der Waals surface area contributed by atoms with Gasteiger partial charge in [0.05, 0.1) is 11.7 Å². The first-order valence-corrected chi connectivity index (χ1v) is 3.21. The van der Waals surface area contributed by atoms with E-state index in [9.17, 15) is 5.11 Å². The minimum atomic E-state index is -0.629. The molecule has 0 bridgehead atoms. The van der Waals surface area contributed by atoms with E-state index in [1.807, 2.05) is 13.0 Å². The van der Waals surface area contributed by atoms with Crippen molar-refractivity contribution in [2.24, 2.45) is 0 Å². The van der Waals surface area contributed by atoms with Crippen LogP contribution >= 0.6 is 0 Å². The van der Waals surface area contributed by atoms with Gasteiger partial charge in [0.2, 0.25) is 0 Å². The van der Waals surface area contributed by atoms with Crippen LogP contribution in [0, 0.1) is 11.3 Å². The summed E-state index contributed by atoms with van der Waals surface area (Å²) < 4.78 is 0. The molecule has 0 aliphatic carbocycles. The molecule has 1 atom stereocenters. The van der Waals surface area contributed by atoms with Crippen LogP contribution in [0.4, 0.5) is 0 Å². The fourth-order valence-electron chi connectivity index (χ4n) is 0.502. The lowest BCUT2D eigenvalue weighted by molar-refractivity contribution is 0.0484. The van der Waals surface area contributed by atoms with Gasteiger partial charge in [-0.25, -0.2) is 0 Å². The average Bonchev–Trinajstić information content (AvgIpc) is 1.84. The molecule has 0 spiro atoms. The van der Waals surface area contributed by atoms with E-state index in [4.69, 9.17) is 5.26 Å². The lowest BCUT2D eigenvalue weighted by Crippen LogP contribution is -2.21. The molecule has 2 heteroatoms. The number of nitrogens with zero attached hydrogens (tertiary/aromatic N) is 1. The second-order valence-corrected chi connectivity index (χ2v) is 2.51. The van der Waals surface area contributed by atoms with Crippen molar-refractivity contribution < 1.29 is 5.11 Å². The molecule has 0 aromatic heterocycles. The molecule has 0 aliphatic rings. The van der Waals surface area contributed by atoms with E-state index in [1.54, 1.807) is 6.92 Å². The largest absolute Gasteiger partial charge is 0.390 e. The van der Waals surface area contributed by atoms with Crippen LogP contribution in [0.15, 0.2) is 0 Å². The van der Waals surface area contributed by atoms with Crippen molar-refractivity contribution in [2.45, 2.75) is 38.7 Å². The quantitative estimate of drug-likeness (QED) is 0.623. The summed E-state index contributed by atoms with van der Waals surface area (Å²) in [7, 11) is 0. The Morgan fingerprint density at radius 3 is 2.56 bits per heavy atom. The van der Waals surface area contributed by atoms with Crippen LogP contribution in [-0.4, -0.2) is 10.7 Å². The summed E-state index contributed by atoms with van der Waals surface area (Å²) in [4.78, 5) is 0. The Morgan fingerprint density at radius 1 is 1.67 bits per heavy atom. The third kappa shape index (κ3) is 3.99.